The van der Waals surface area contributed by atoms with Gasteiger partial charge in [0.1, 0.15) is 0 Å². The summed E-state index contributed by atoms with van der Waals surface area (Å²) in [5.74, 6) is -0.109. The Morgan fingerprint density at radius 1 is 1.27 bits per heavy atom. The van der Waals surface area contributed by atoms with Crippen molar-refractivity contribution in [3.8, 4) is 0 Å². The first-order chi connectivity index (χ1) is 6.89. The molecule has 1 aromatic carbocycles. The Hall–Kier alpha value is -1.36. The van der Waals surface area contributed by atoms with Crippen molar-refractivity contribution < 1.29 is 13.2 Å². The molecule has 0 fully saturated rings. The molecule has 1 amide bonds. The topological polar surface area (TPSA) is 63.2 Å². The van der Waals surface area contributed by atoms with Crippen molar-refractivity contribution in [1.82, 2.24) is 5.32 Å². The lowest BCUT2D eigenvalue weighted by molar-refractivity contribution is -0.119. The first-order valence-corrected chi connectivity index (χ1v) is 6.32. The molecule has 1 N–H and O–H groups in total. The lowest BCUT2D eigenvalue weighted by atomic mass is 10.2. The Balaban J connectivity index is 2.77. The number of carbonyl (C=O) groups excluding carboxylic acids is 1. The molecule has 0 bridgehead atoms. The summed E-state index contributed by atoms with van der Waals surface area (Å²) < 4.78 is 22.3. The van der Waals surface area contributed by atoms with Crippen LogP contribution in [0.25, 0.3) is 0 Å². The Bertz CT molecular complexity index is 448. The van der Waals surface area contributed by atoms with Gasteiger partial charge in [-0.15, -0.1) is 0 Å². The van der Waals surface area contributed by atoms with Crippen LogP contribution in [0.5, 0.6) is 0 Å². The van der Waals surface area contributed by atoms with Gasteiger partial charge in [0.2, 0.25) is 5.91 Å². The van der Waals surface area contributed by atoms with Crippen LogP contribution >= 0.6 is 0 Å². The molecule has 5 heteroatoms. The van der Waals surface area contributed by atoms with Gasteiger partial charge in [-0.2, -0.15) is 0 Å². The maximum Gasteiger partial charge on any atom is 0.217 e. The summed E-state index contributed by atoms with van der Waals surface area (Å²) in [7, 11) is -3.14. The summed E-state index contributed by atoms with van der Waals surface area (Å²) >= 11 is 0. The molecule has 15 heavy (non-hydrogen) atoms. The van der Waals surface area contributed by atoms with Crippen LogP contribution in [0.3, 0.4) is 0 Å². The van der Waals surface area contributed by atoms with Gasteiger partial charge >= 0.3 is 0 Å². The molecule has 1 aromatic rings. The Kier molecular flexibility index (Phi) is 3.47. The van der Waals surface area contributed by atoms with Crippen LogP contribution in [0.1, 0.15) is 12.5 Å². The molecule has 0 aliphatic rings. The van der Waals surface area contributed by atoms with Crippen LogP contribution in [0, 0.1) is 0 Å². The zero-order valence-corrected chi connectivity index (χ0v) is 9.47. The molecular weight excluding hydrogens is 214 g/mol. The monoisotopic (exact) mass is 227 g/mol. The molecule has 0 saturated carbocycles. The summed E-state index contributed by atoms with van der Waals surface area (Å²) in [6.07, 6.45) is 1.16. The van der Waals surface area contributed by atoms with Crippen molar-refractivity contribution >= 4 is 15.7 Å². The van der Waals surface area contributed by atoms with Crippen molar-refractivity contribution in [2.24, 2.45) is 0 Å². The number of amides is 1. The average Bonchev–Trinajstić information content (AvgIpc) is 2.14. The Labute approximate surface area is 89.2 Å². The third kappa shape index (κ3) is 3.71. The fraction of sp³-hybridized carbons (Fsp3) is 0.300. The van der Waals surface area contributed by atoms with E-state index < -0.39 is 9.84 Å². The number of hydrogen-bond acceptors (Lipinski definition) is 3. The molecule has 0 aliphatic heterocycles. The minimum absolute atomic E-state index is 0.109. The van der Waals surface area contributed by atoms with E-state index in [0.29, 0.717) is 6.54 Å². The van der Waals surface area contributed by atoms with Gasteiger partial charge in [0.05, 0.1) is 4.90 Å². The summed E-state index contributed by atoms with van der Waals surface area (Å²) in [6.45, 7) is 1.85. The standard InChI is InChI=1S/C10H13NO3S/c1-8(12)11-7-9-3-5-10(6-4-9)15(2,13)14/h3-6H,7H2,1-2H3,(H,11,12). The number of sulfone groups is 1. The van der Waals surface area contributed by atoms with Gasteiger partial charge in [0, 0.05) is 19.7 Å². The lowest BCUT2D eigenvalue weighted by Crippen LogP contribution is -2.18. The summed E-state index contributed by atoms with van der Waals surface area (Å²) in [6, 6.07) is 6.44. The molecule has 0 unspecified atom stereocenters. The first-order valence-electron chi connectivity index (χ1n) is 4.43. The Morgan fingerprint density at radius 2 is 1.80 bits per heavy atom. The quantitative estimate of drug-likeness (QED) is 0.827. The molecule has 0 spiro atoms. The van der Waals surface area contributed by atoms with Gasteiger partial charge in [-0.3, -0.25) is 4.79 Å². The van der Waals surface area contributed by atoms with E-state index in [0.717, 1.165) is 11.8 Å². The normalized spacial score (nSPS) is 11.1. The van der Waals surface area contributed by atoms with Gasteiger partial charge in [0.25, 0.3) is 0 Å². The first kappa shape index (κ1) is 11.7. The van der Waals surface area contributed by atoms with E-state index in [1.807, 2.05) is 0 Å². The van der Waals surface area contributed by atoms with E-state index in [1.165, 1.54) is 19.1 Å². The predicted octanol–water partition coefficient (Wildman–Crippen LogP) is 0.726. The fourth-order valence-electron chi connectivity index (χ4n) is 1.08. The van der Waals surface area contributed by atoms with Crippen molar-refractivity contribution in [3.63, 3.8) is 0 Å². The highest BCUT2D eigenvalue weighted by Crippen LogP contribution is 2.09. The van der Waals surface area contributed by atoms with E-state index in [9.17, 15) is 13.2 Å². The van der Waals surface area contributed by atoms with E-state index in [1.54, 1.807) is 12.1 Å². The van der Waals surface area contributed by atoms with E-state index in [4.69, 9.17) is 0 Å². The molecule has 1 rings (SSSR count). The second-order valence-corrected chi connectivity index (χ2v) is 5.34. The molecule has 82 valence electrons. The van der Waals surface area contributed by atoms with Crippen molar-refractivity contribution in [3.05, 3.63) is 29.8 Å². The molecule has 0 aromatic heterocycles. The second kappa shape index (κ2) is 4.44. The van der Waals surface area contributed by atoms with Gasteiger partial charge < -0.3 is 5.32 Å². The van der Waals surface area contributed by atoms with Crippen molar-refractivity contribution in [2.45, 2.75) is 18.4 Å². The van der Waals surface area contributed by atoms with E-state index in [-0.39, 0.29) is 10.8 Å². The number of carbonyl (C=O) groups is 1. The van der Waals surface area contributed by atoms with Crippen LogP contribution in [-0.2, 0) is 21.2 Å². The van der Waals surface area contributed by atoms with Gasteiger partial charge in [0.15, 0.2) is 9.84 Å². The largest absolute Gasteiger partial charge is 0.352 e. The highest BCUT2D eigenvalue weighted by atomic mass is 32.2. The number of hydrogen-bond donors (Lipinski definition) is 1. The van der Waals surface area contributed by atoms with E-state index >= 15 is 0 Å². The molecule has 0 heterocycles. The zero-order chi connectivity index (χ0) is 11.5. The molecule has 0 saturated heterocycles. The van der Waals surface area contributed by atoms with Crippen molar-refractivity contribution in [2.75, 3.05) is 6.26 Å². The number of rotatable bonds is 3. The fourth-order valence-corrected chi connectivity index (χ4v) is 1.71. The minimum atomic E-state index is -3.14. The zero-order valence-electron chi connectivity index (χ0n) is 8.65. The smallest absolute Gasteiger partial charge is 0.217 e. The third-order valence-corrected chi connectivity index (χ3v) is 3.02. The summed E-state index contributed by atoms with van der Waals surface area (Å²) in [5, 5.41) is 2.63. The highest BCUT2D eigenvalue weighted by molar-refractivity contribution is 7.90. The van der Waals surface area contributed by atoms with Crippen LogP contribution in [0.15, 0.2) is 29.2 Å². The van der Waals surface area contributed by atoms with Crippen LogP contribution in [0.2, 0.25) is 0 Å². The number of nitrogens with one attached hydrogen (secondary N) is 1. The Morgan fingerprint density at radius 3 is 2.20 bits per heavy atom. The molecule has 0 atom stereocenters. The number of benzene rings is 1. The lowest BCUT2D eigenvalue weighted by Gasteiger charge is -2.03. The van der Waals surface area contributed by atoms with Crippen molar-refractivity contribution in [1.29, 1.82) is 0 Å². The third-order valence-electron chi connectivity index (χ3n) is 1.89. The molecule has 0 aliphatic carbocycles. The van der Waals surface area contributed by atoms with Gasteiger partial charge in [-0.25, -0.2) is 8.42 Å². The SMILES string of the molecule is CC(=O)NCc1ccc(S(C)(=O)=O)cc1. The minimum Gasteiger partial charge on any atom is -0.352 e. The molecule has 4 nitrogen and oxygen atoms in total. The molecule has 0 radical (unpaired) electrons. The maximum absolute atomic E-state index is 11.1. The second-order valence-electron chi connectivity index (χ2n) is 3.33. The van der Waals surface area contributed by atoms with E-state index in [2.05, 4.69) is 5.32 Å². The van der Waals surface area contributed by atoms with Crippen LogP contribution in [0.4, 0.5) is 0 Å². The average molecular weight is 227 g/mol. The summed E-state index contributed by atoms with van der Waals surface area (Å²) in [5.41, 5.74) is 0.873. The summed E-state index contributed by atoms with van der Waals surface area (Å²) in [4.78, 5) is 10.9. The van der Waals surface area contributed by atoms with Crippen LogP contribution in [-0.4, -0.2) is 20.6 Å². The maximum atomic E-state index is 11.1. The van der Waals surface area contributed by atoms with Gasteiger partial charge in [-0.05, 0) is 17.7 Å². The van der Waals surface area contributed by atoms with Gasteiger partial charge in [-0.1, -0.05) is 12.1 Å². The molecular formula is C10H13NO3S. The predicted molar refractivity (Wildman–Crippen MR) is 57.1 cm³/mol. The highest BCUT2D eigenvalue weighted by Gasteiger charge is 2.05. The van der Waals surface area contributed by atoms with Crippen LogP contribution < -0.4 is 5.32 Å².